The summed E-state index contributed by atoms with van der Waals surface area (Å²) in [7, 11) is 0. The first-order valence-electron chi connectivity index (χ1n) is 5.97. The van der Waals surface area contributed by atoms with Gasteiger partial charge >= 0.3 is 6.18 Å². The quantitative estimate of drug-likeness (QED) is 0.780. The minimum atomic E-state index is -4.49. The molecule has 0 radical (unpaired) electrons. The van der Waals surface area contributed by atoms with Crippen LogP contribution in [0.5, 0.6) is 0 Å². The highest BCUT2D eigenvalue weighted by atomic mass is 19.4. The zero-order valence-electron chi connectivity index (χ0n) is 10.5. The molecule has 2 heterocycles. The van der Waals surface area contributed by atoms with Crippen molar-refractivity contribution in [1.29, 1.82) is 0 Å². The number of nitrogens with zero attached hydrogens (tertiary/aromatic N) is 2. The van der Waals surface area contributed by atoms with E-state index in [1.54, 1.807) is 0 Å². The van der Waals surface area contributed by atoms with Gasteiger partial charge in [-0.15, -0.1) is 0 Å². The second kappa shape index (κ2) is 4.44. The number of nitrogen functional groups attached to an aromatic ring is 1. The predicted octanol–water partition coefficient (Wildman–Crippen LogP) is 2.24. The van der Waals surface area contributed by atoms with Crippen molar-refractivity contribution in [2.45, 2.75) is 12.6 Å². The van der Waals surface area contributed by atoms with Crippen molar-refractivity contribution in [3.8, 4) is 11.3 Å². The van der Waals surface area contributed by atoms with Crippen LogP contribution in [-0.2, 0) is 17.4 Å². The average molecular weight is 294 g/mol. The SMILES string of the molecule is Nc1ncc2c(n1)-c1ccc(C(F)(F)F)cc1NC(=O)C2. The van der Waals surface area contributed by atoms with Gasteiger partial charge in [0.25, 0.3) is 0 Å². The number of benzene rings is 1. The van der Waals surface area contributed by atoms with Crippen molar-refractivity contribution in [2.75, 3.05) is 11.1 Å². The van der Waals surface area contributed by atoms with Crippen LogP contribution in [0.25, 0.3) is 11.3 Å². The molecule has 21 heavy (non-hydrogen) atoms. The van der Waals surface area contributed by atoms with Crippen LogP contribution in [-0.4, -0.2) is 15.9 Å². The number of hydrogen-bond acceptors (Lipinski definition) is 4. The van der Waals surface area contributed by atoms with E-state index in [9.17, 15) is 18.0 Å². The van der Waals surface area contributed by atoms with Gasteiger partial charge in [0.05, 0.1) is 23.4 Å². The molecule has 0 bridgehead atoms. The predicted molar refractivity (Wildman–Crippen MR) is 69.2 cm³/mol. The number of hydrogen-bond donors (Lipinski definition) is 2. The Morgan fingerprint density at radius 3 is 2.76 bits per heavy atom. The molecule has 5 nitrogen and oxygen atoms in total. The van der Waals surface area contributed by atoms with E-state index in [4.69, 9.17) is 5.73 Å². The fraction of sp³-hybridized carbons (Fsp3) is 0.154. The molecule has 8 heteroatoms. The third-order valence-electron chi connectivity index (χ3n) is 3.11. The number of fused-ring (bicyclic) bond motifs is 3. The lowest BCUT2D eigenvalue weighted by atomic mass is 10.0. The van der Waals surface area contributed by atoms with Gasteiger partial charge < -0.3 is 11.1 Å². The molecule has 3 rings (SSSR count). The smallest absolute Gasteiger partial charge is 0.368 e. The third kappa shape index (κ3) is 2.39. The number of carbonyl (C=O) groups is 1. The summed E-state index contributed by atoms with van der Waals surface area (Å²) in [6.45, 7) is 0. The summed E-state index contributed by atoms with van der Waals surface area (Å²) in [6, 6.07) is 3.11. The molecule has 1 aromatic carbocycles. The summed E-state index contributed by atoms with van der Waals surface area (Å²) in [5, 5.41) is 2.45. The molecule has 108 valence electrons. The summed E-state index contributed by atoms with van der Waals surface area (Å²) in [5.41, 5.74) is 6.00. The first-order valence-corrected chi connectivity index (χ1v) is 5.97. The van der Waals surface area contributed by atoms with Gasteiger partial charge in [0.1, 0.15) is 0 Å². The average Bonchev–Trinajstić information content (AvgIpc) is 2.52. The van der Waals surface area contributed by atoms with E-state index in [1.165, 1.54) is 12.3 Å². The molecule has 1 aromatic heterocycles. The summed E-state index contributed by atoms with van der Waals surface area (Å²) in [6.07, 6.45) is -3.10. The second-order valence-electron chi connectivity index (χ2n) is 4.59. The zero-order chi connectivity index (χ0) is 15.2. The van der Waals surface area contributed by atoms with E-state index in [2.05, 4.69) is 15.3 Å². The normalized spacial score (nSPS) is 14.0. The minimum Gasteiger partial charge on any atom is -0.368 e. The molecule has 0 saturated heterocycles. The first-order chi connectivity index (χ1) is 9.84. The molecule has 0 aliphatic carbocycles. The van der Waals surface area contributed by atoms with Gasteiger partial charge in [0.2, 0.25) is 11.9 Å². The molecule has 0 unspecified atom stereocenters. The van der Waals surface area contributed by atoms with E-state index in [0.717, 1.165) is 12.1 Å². The maximum absolute atomic E-state index is 12.8. The highest BCUT2D eigenvalue weighted by molar-refractivity contribution is 6.00. The molecule has 0 spiro atoms. The van der Waals surface area contributed by atoms with Crippen molar-refractivity contribution in [3.63, 3.8) is 0 Å². The lowest BCUT2D eigenvalue weighted by Gasteiger charge is -2.12. The van der Waals surface area contributed by atoms with Crippen LogP contribution < -0.4 is 11.1 Å². The van der Waals surface area contributed by atoms with Crippen LogP contribution in [0.3, 0.4) is 0 Å². The zero-order valence-corrected chi connectivity index (χ0v) is 10.5. The van der Waals surface area contributed by atoms with Gasteiger partial charge in [-0.1, -0.05) is 6.07 Å². The highest BCUT2D eigenvalue weighted by Crippen LogP contribution is 2.37. The number of nitrogens with one attached hydrogen (secondary N) is 1. The Morgan fingerprint density at radius 2 is 2.05 bits per heavy atom. The van der Waals surface area contributed by atoms with Crippen LogP contribution in [0.1, 0.15) is 11.1 Å². The number of amides is 1. The van der Waals surface area contributed by atoms with Crippen LogP contribution in [0.15, 0.2) is 24.4 Å². The third-order valence-corrected chi connectivity index (χ3v) is 3.11. The Labute approximate surface area is 117 Å². The summed E-state index contributed by atoms with van der Waals surface area (Å²) < 4.78 is 38.3. The Morgan fingerprint density at radius 1 is 1.29 bits per heavy atom. The molecule has 0 saturated carbocycles. The van der Waals surface area contributed by atoms with Crippen molar-refractivity contribution < 1.29 is 18.0 Å². The molecule has 2 aromatic rings. The monoisotopic (exact) mass is 294 g/mol. The number of nitrogens with two attached hydrogens (primary N) is 1. The Balaban J connectivity index is 2.23. The van der Waals surface area contributed by atoms with Gasteiger partial charge in [-0.05, 0) is 12.1 Å². The Kier molecular flexibility index (Phi) is 2.82. The number of halogens is 3. The first kappa shape index (κ1) is 13.3. The molecular formula is C13H9F3N4O. The van der Waals surface area contributed by atoms with Crippen LogP contribution in [0.4, 0.5) is 24.8 Å². The van der Waals surface area contributed by atoms with Crippen molar-refractivity contribution in [3.05, 3.63) is 35.5 Å². The van der Waals surface area contributed by atoms with E-state index >= 15 is 0 Å². The molecule has 1 amide bonds. The van der Waals surface area contributed by atoms with Crippen LogP contribution >= 0.6 is 0 Å². The van der Waals surface area contributed by atoms with E-state index in [0.29, 0.717) is 16.8 Å². The van der Waals surface area contributed by atoms with Crippen LogP contribution in [0, 0.1) is 0 Å². The van der Waals surface area contributed by atoms with Gasteiger partial charge in [0, 0.05) is 17.3 Å². The standard InChI is InChI=1S/C13H9F3N4O/c14-13(15,16)7-1-2-8-9(4-7)19-10(21)3-6-5-18-12(17)20-11(6)8/h1-2,4-5H,3H2,(H,19,21)(H2,17,18,20). The molecule has 0 fully saturated rings. The summed E-state index contributed by atoms with van der Waals surface area (Å²) in [5.74, 6) is -0.434. The second-order valence-corrected chi connectivity index (χ2v) is 4.59. The van der Waals surface area contributed by atoms with E-state index in [1.807, 2.05) is 0 Å². The van der Waals surface area contributed by atoms with E-state index < -0.39 is 17.6 Å². The minimum absolute atomic E-state index is 0.00560. The lowest BCUT2D eigenvalue weighted by molar-refractivity contribution is -0.137. The topological polar surface area (TPSA) is 80.9 Å². The van der Waals surface area contributed by atoms with Crippen LogP contribution in [0.2, 0.25) is 0 Å². The molecule has 1 aliphatic rings. The van der Waals surface area contributed by atoms with Crippen molar-refractivity contribution >= 4 is 17.5 Å². The maximum Gasteiger partial charge on any atom is 0.416 e. The molecule has 0 atom stereocenters. The molecular weight excluding hydrogens is 285 g/mol. The van der Waals surface area contributed by atoms with Gasteiger partial charge in [-0.3, -0.25) is 4.79 Å². The van der Waals surface area contributed by atoms with Gasteiger partial charge in [0.15, 0.2) is 0 Å². The van der Waals surface area contributed by atoms with Crippen molar-refractivity contribution in [2.24, 2.45) is 0 Å². The Hall–Kier alpha value is -2.64. The maximum atomic E-state index is 12.8. The number of carbonyl (C=O) groups excluding carboxylic acids is 1. The largest absolute Gasteiger partial charge is 0.416 e. The van der Waals surface area contributed by atoms with Crippen molar-refractivity contribution in [1.82, 2.24) is 9.97 Å². The Bertz CT molecular complexity index is 743. The summed E-state index contributed by atoms with van der Waals surface area (Å²) >= 11 is 0. The van der Waals surface area contributed by atoms with Gasteiger partial charge in [-0.2, -0.15) is 13.2 Å². The van der Waals surface area contributed by atoms with E-state index in [-0.39, 0.29) is 18.1 Å². The fourth-order valence-corrected chi connectivity index (χ4v) is 2.18. The number of anilines is 2. The summed E-state index contributed by atoms with van der Waals surface area (Å²) in [4.78, 5) is 19.6. The lowest BCUT2D eigenvalue weighted by Crippen LogP contribution is -2.13. The molecule has 1 aliphatic heterocycles. The highest BCUT2D eigenvalue weighted by Gasteiger charge is 2.32. The number of alkyl halides is 3. The molecule has 3 N–H and O–H groups in total. The fourth-order valence-electron chi connectivity index (χ4n) is 2.18. The number of aromatic nitrogens is 2. The number of rotatable bonds is 0. The van der Waals surface area contributed by atoms with Gasteiger partial charge in [-0.25, -0.2) is 9.97 Å².